The van der Waals surface area contributed by atoms with E-state index in [0.717, 1.165) is 5.56 Å². The number of esters is 2. The summed E-state index contributed by atoms with van der Waals surface area (Å²) in [6.45, 7) is 3.58. The van der Waals surface area contributed by atoms with E-state index in [2.05, 4.69) is 26.4 Å². The second-order valence-corrected chi connectivity index (χ2v) is 9.54. The Morgan fingerprint density at radius 1 is 0.733 bits per heavy atom. The van der Waals surface area contributed by atoms with Crippen molar-refractivity contribution in [3.8, 4) is 11.1 Å². The molecule has 4 rings (SSSR count). The molecule has 0 heterocycles. The Bertz CT molecular complexity index is 1720. The van der Waals surface area contributed by atoms with Gasteiger partial charge in [-0.05, 0) is 80.1 Å². The van der Waals surface area contributed by atoms with Crippen LogP contribution in [0.4, 0.5) is 17.1 Å². The molecular weight excluding hydrogens is 602 g/mol. The molecular formula is C32H28ClN5O7. The number of hydrogen-bond acceptors (Lipinski definition) is 11. The molecule has 0 spiro atoms. The van der Waals surface area contributed by atoms with Crippen LogP contribution in [0.2, 0.25) is 0 Å². The Morgan fingerprint density at radius 3 is 1.76 bits per heavy atom. The van der Waals surface area contributed by atoms with Gasteiger partial charge >= 0.3 is 11.9 Å². The normalized spacial score (nSPS) is 15.8. The van der Waals surface area contributed by atoms with Crippen LogP contribution in [0.3, 0.4) is 0 Å². The summed E-state index contributed by atoms with van der Waals surface area (Å²) < 4.78 is 9.84. The minimum atomic E-state index is -0.731. The summed E-state index contributed by atoms with van der Waals surface area (Å²) in [6.07, 6.45) is 8.12. The summed E-state index contributed by atoms with van der Waals surface area (Å²) >= 11 is 5.74. The largest absolute Gasteiger partial charge is 0.462 e. The van der Waals surface area contributed by atoms with E-state index in [4.69, 9.17) is 21.1 Å². The number of rotatable bonds is 11. The lowest BCUT2D eigenvalue weighted by atomic mass is 10.0. The van der Waals surface area contributed by atoms with E-state index in [0.29, 0.717) is 34.0 Å². The number of nitrogens with zero attached hydrogens (tertiary/aromatic N) is 2. The molecule has 0 bridgehead atoms. The monoisotopic (exact) mass is 629 g/mol. The molecule has 0 unspecified atom stereocenters. The van der Waals surface area contributed by atoms with Gasteiger partial charge < -0.3 is 14.8 Å². The first-order valence-electron chi connectivity index (χ1n) is 13.7. The maximum Gasteiger partial charge on any atom is 0.342 e. The first-order chi connectivity index (χ1) is 21.7. The molecule has 3 N–H and O–H groups in total. The molecule has 0 radical (unpaired) electrons. The minimum absolute atomic E-state index is 0.103. The van der Waals surface area contributed by atoms with E-state index >= 15 is 0 Å². The second-order valence-electron chi connectivity index (χ2n) is 9.27. The zero-order chi connectivity index (χ0) is 32.3. The van der Waals surface area contributed by atoms with Crippen LogP contribution in [0, 0.1) is 0 Å². The highest BCUT2D eigenvalue weighted by Gasteiger charge is 2.22. The number of carbonyl (C=O) groups is 5. The molecule has 0 atom stereocenters. The summed E-state index contributed by atoms with van der Waals surface area (Å²) in [5.41, 5.74) is 9.25. The summed E-state index contributed by atoms with van der Waals surface area (Å²) in [7, 11) is 0. The summed E-state index contributed by atoms with van der Waals surface area (Å²) in [6, 6.07) is 12.3. The van der Waals surface area contributed by atoms with E-state index in [1.165, 1.54) is 36.5 Å². The highest BCUT2D eigenvalue weighted by molar-refractivity contribution is 6.31. The standard InChI is InChI=1S/C32H28ClN5O7/c1-3-44-31(42)25-15-21(10-13-28(25)39)36-35-20-7-5-19(6-8-20)24-12-9-23(17-27(24)34-30(41)18-33)38-37-22-11-14-29(40)26(16-22)32(43)45-4-2/h5-17,35,38H,3-4,18H2,1-2H3,(H,34,41)/b36-21+,37-22+. The van der Waals surface area contributed by atoms with Crippen LogP contribution >= 0.6 is 11.6 Å². The van der Waals surface area contributed by atoms with E-state index < -0.39 is 29.4 Å². The first kappa shape index (κ1) is 32.3. The average molecular weight is 630 g/mol. The third-order valence-corrected chi connectivity index (χ3v) is 6.40. The maximum atomic E-state index is 12.2. The van der Waals surface area contributed by atoms with Gasteiger partial charge in [0, 0.05) is 5.56 Å². The second kappa shape index (κ2) is 15.2. The fraction of sp³-hybridized carbons (Fsp3) is 0.156. The van der Waals surface area contributed by atoms with Gasteiger partial charge in [0.15, 0.2) is 11.6 Å². The van der Waals surface area contributed by atoms with Crippen LogP contribution in [0.15, 0.2) is 100 Å². The fourth-order valence-corrected chi connectivity index (χ4v) is 4.11. The minimum Gasteiger partial charge on any atom is -0.462 e. The third-order valence-electron chi connectivity index (χ3n) is 6.16. The maximum absolute atomic E-state index is 12.2. The van der Waals surface area contributed by atoms with Crippen molar-refractivity contribution in [2.45, 2.75) is 13.8 Å². The Kier molecular flexibility index (Phi) is 10.9. The number of hydrogen-bond donors (Lipinski definition) is 3. The molecule has 0 aromatic heterocycles. The van der Waals surface area contributed by atoms with Crippen molar-refractivity contribution in [2.24, 2.45) is 10.2 Å². The molecule has 0 saturated carbocycles. The molecule has 2 aliphatic carbocycles. The van der Waals surface area contributed by atoms with Gasteiger partial charge in [-0.15, -0.1) is 11.6 Å². The molecule has 0 aliphatic heterocycles. The Morgan fingerprint density at radius 2 is 1.24 bits per heavy atom. The highest BCUT2D eigenvalue weighted by atomic mass is 35.5. The SMILES string of the molecule is CCOC(=O)C1=C/C(=N/Nc2ccc(-c3ccc(N/N=C4\C=CC(=O)C(C(=O)OCC)=C4)cc3NC(=O)CCl)cc2)C=CC1=O. The number of nitrogens with one attached hydrogen (secondary N) is 3. The summed E-state index contributed by atoms with van der Waals surface area (Å²) in [5, 5.41) is 11.3. The molecule has 45 heavy (non-hydrogen) atoms. The van der Waals surface area contributed by atoms with Gasteiger partial charge in [-0.1, -0.05) is 18.2 Å². The predicted molar refractivity (Wildman–Crippen MR) is 171 cm³/mol. The number of amides is 1. The van der Waals surface area contributed by atoms with Gasteiger partial charge in [-0.3, -0.25) is 25.2 Å². The molecule has 0 fully saturated rings. The van der Waals surface area contributed by atoms with E-state index in [1.54, 1.807) is 44.2 Å². The van der Waals surface area contributed by atoms with Crippen LogP contribution in [0.1, 0.15) is 13.8 Å². The number of halogens is 1. The number of allylic oxidation sites excluding steroid dienone is 6. The molecule has 2 aliphatic rings. The number of ketones is 2. The molecule has 2 aromatic rings. The molecule has 230 valence electrons. The van der Waals surface area contributed by atoms with Crippen LogP contribution in [-0.4, -0.2) is 59.9 Å². The van der Waals surface area contributed by atoms with Gasteiger partial charge in [0.05, 0.1) is 41.7 Å². The Labute approximate surface area is 263 Å². The van der Waals surface area contributed by atoms with Gasteiger partial charge in [-0.2, -0.15) is 10.2 Å². The number of benzene rings is 2. The molecule has 12 nitrogen and oxygen atoms in total. The van der Waals surface area contributed by atoms with Crippen molar-refractivity contribution in [1.29, 1.82) is 0 Å². The number of carbonyl (C=O) groups excluding carboxylic acids is 5. The van der Waals surface area contributed by atoms with Gasteiger partial charge in [-0.25, -0.2) is 9.59 Å². The van der Waals surface area contributed by atoms with Crippen molar-refractivity contribution in [3.05, 3.63) is 90.1 Å². The summed E-state index contributed by atoms with van der Waals surface area (Å²) in [4.78, 5) is 60.3. The van der Waals surface area contributed by atoms with Crippen LogP contribution < -0.4 is 16.2 Å². The molecule has 1 amide bonds. The van der Waals surface area contributed by atoms with Crippen LogP contribution in [0.5, 0.6) is 0 Å². The van der Waals surface area contributed by atoms with Crippen molar-refractivity contribution in [2.75, 3.05) is 35.3 Å². The van der Waals surface area contributed by atoms with E-state index in [1.807, 2.05) is 12.1 Å². The van der Waals surface area contributed by atoms with E-state index in [-0.39, 0.29) is 30.2 Å². The molecule has 13 heteroatoms. The van der Waals surface area contributed by atoms with Gasteiger partial charge in [0.2, 0.25) is 5.91 Å². The van der Waals surface area contributed by atoms with Gasteiger partial charge in [0.1, 0.15) is 17.0 Å². The van der Waals surface area contributed by atoms with Crippen molar-refractivity contribution in [3.63, 3.8) is 0 Å². The molecule has 0 saturated heterocycles. The summed E-state index contributed by atoms with van der Waals surface area (Å²) in [5.74, 6) is -3.04. The highest BCUT2D eigenvalue weighted by Crippen LogP contribution is 2.32. The average Bonchev–Trinajstić information content (AvgIpc) is 3.04. The van der Waals surface area contributed by atoms with Crippen LogP contribution in [0.25, 0.3) is 11.1 Å². The topological polar surface area (TPSA) is 165 Å². The number of anilines is 3. The van der Waals surface area contributed by atoms with Crippen molar-refractivity contribution in [1.82, 2.24) is 0 Å². The lowest BCUT2D eigenvalue weighted by Crippen LogP contribution is -2.18. The van der Waals surface area contributed by atoms with E-state index in [9.17, 15) is 24.0 Å². The van der Waals surface area contributed by atoms with Crippen molar-refractivity contribution >= 4 is 69.5 Å². The Hall–Kier alpha value is -5.62. The smallest absolute Gasteiger partial charge is 0.342 e. The fourth-order valence-electron chi connectivity index (χ4n) is 4.05. The quantitative estimate of drug-likeness (QED) is 0.108. The third kappa shape index (κ3) is 8.48. The lowest BCUT2D eigenvalue weighted by molar-refractivity contribution is -0.140. The lowest BCUT2D eigenvalue weighted by Gasteiger charge is -2.14. The zero-order valence-corrected chi connectivity index (χ0v) is 25.0. The number of hydrazone groups is 2. The van der Waals surface area contributed by atoms with Gasteiger partial charge in [0.25, 0.3) is 0 Å². The molecule has 2 aromatic carbocycles. The Balaban J connectivity index is 1.52. The number of alkyl halides is 1. The first-order valence-corrected chi connectivity index (χ1v) is 14.3. The van der Waals surface area contributed by atoms with Crippen LogP contribution in [-0.2, 0) is 33.4 Å². The predicted octanol–water partition coefficient (Wildman–Crippen LogP) is 4.32. The zero-order valence-electron chi connectivity index (χ0n) is 24.3. The van der Waals surface area contributed by atoms with Crippen molar-refractivity contribution < 1.29 is 33.4 Å². The number of ether oxygens (including phenoxy) is 2.